The van der Waals surface area contributed by atoms with Crippen LogP contribution in [-0.4, -0.2) is 15.9 Å². The van der Waals surface area contributed by atoms with Crippen molar-refractivity contribution in [3.63, 3.8) is 0 Å². The Hall–Kier alpha value is -1.23. The van der Waals surface area contributed by atoms with Crippen LogP contribution in [0.1, 0.15) is 25.8 Å². The van der Waals surface area contributed by atoms with Gasteiger partial charge in [0.25, 0.3) is 5.69 Å². The van der Waals surface area contributed by atoms with E-state index < -0.39 is 12.5 Å². The minimum Gasteiger partial charge on any atom is -0.324 e. The number of nitro groups is 1. The standard InChI is InChI=1S/C11H16NO5P/c1-3-9(2)17-18(15,16)8-10-5-4-6-11(7-10)12(13)14/h4-7,9H,3,8H2,1-2H3,(H,15,16). The molecule has 0 aliphatic heterocycles. The molecule has 2 atom stereocenters. The normalized spacial score (nSPS) is 15.9. The van der Waals surface area contributed by atoms with Crippen molar-refractivity contribution in [3.05, 3.63) is 39.9 Å². The SMILES string of the molecule is CCC(C)OP(=O)(O)Cc1cccc([N+](=O)[O-])c1. The molecule has 0 radical (unpaired) electrons. The predicted octanol–water partition coefficient (Wildman–Crippen LogP) is 3.10. The lowest BCUT2D eigenvalue weighted by atomic mass is 10.2. The molecule has 18 heavy (non-hydrogen) atoms. The molecule has 2 unspecified atom stereocenters. The smallest absolute Gasteiger partial charge is 0.324 e. The third-order valence-corrected chi connectivity index (χ3v) is 3.88. The molecule has 0 aromatic heterocycles. The Morgan fingerprint density at radius 1 is 1.56 bits per heavy atom. The van der Waals surface area contributed by atoms with Gasteiger partial charge in [-0.1, -0.05) is 19.1 Å². The van der Waals surface area contributed by atoms with Gasteiger partial charge >= 0.3 is 7.60 Å². The maximum absolute atomic E-state index is 11.8. The van der Waals surface area contributed by atoms with Crippen LogP contribution in [0.25, 0.3) is 0 Å². The van der Waals surface area contributed by atoms with E-state index >= 15 is 0 Å². The Morgan fingerprint density at radius 3 is 2.78 bits per heavy atom. The average Bonchev–Trinajstić information content (AvgIpc) is 2.27. The summed E-state index contributed by atoms with van der Waals surface area (Å²) in [7, 11) is -3.76. The van der Waals surface area contributed by atoms with Gasteiger partial charge in [0.15, 0.2) is 0 Å². The number of rotatable bonds is 6. The summed E-state index contributed by atoms with van der Waals surface area (Å²) in [6.07, 6.45) is 0.0814. The largest absolute Gasteiger partial charge is 0.332 e. The van der Waals surface area contributed by atoms with Crippen molar-refractivity contribution in [3.8, 4) is 0 Å². The maximum Gasteiger partial charge on any atom is 0.332 e. The van der Waals surface area contributed by atoms with Gasteiger partial charge in [-0.05, 0) is 18.9 Å². The number of hydrogen-bond donors (Lipinski definition) is 1. The highest BCUT2D eigenvalue weighted by Crippen LogP contribution is 2.47. The second-order valence-electron chi connectivity index (χ2n) is 4.05. The van der Waals surface area contributed by atoms with Gasteiger partial charge < -0.3 is 9.42 Å². The van der Waals surface area contributed by atoms with Crippen molar-refractivity contribution in [1.82, 2.24) is 0 Å². The average molecular weight is 273 g/mol. The molecule has 0 fully saturated rings. The first-order valence-corrected chi connectivity index (χ1v) is 7.34. The van der Waals surface area contributed by atoms with Crippen LogP contribution in [-0.2, 0) is 15.3 Å². The molecule has 1 rings (SSSR count). The van der Waals surface area contributed by atoms with Gasteiger partial charge in [0.05, 0.1) is 17.2 Å². The zero-order valence-electron chi connectivity index (χ0n) is 10.3. The van der Waals surface area contributed by atoms with E-state index in [4.69, 9.17) is 4.52 Å². The van der Waals surface area contributed by atoms with Crippen LogP contribution in [0.15, 0.2) is 24.3 Å². The molecular weight excluding hydrogens is 257 g/mol. The Labute approximate surface area is 105 Å². The third kappa shape index (κ3) is 4.56. The first-order chi connectivity index (χ1) is 8.34. The molecule has 0 amide bonds. The molecule has 100 valence electrons. The molecule has 0 saturated carbocycles. The molecule has 1 aromatic rings. The quantitative estimate of drug-likeness (QED) is 0.488. The molecule has 0 spiro atoms. The molecule has 1 aromatic carbocycles. The first kappa shape index (κ1) is 14.8. The number of non-ortho nitro benzene ring substituents is 1. The van der Waals surface area contributed by atoms with E-state index in [2.05, 4.69) is 0 Å². The lowest BCUT2D eigenvalue weighted by molar-refractivity contribution is -0.384. The molecule has 0 heterocycles. The van der Waals surface area contributed by atoms with Gasteiger partial charge in [0.1, 0.15) is 0 Å². The Morgan fingerprint density at radius 2 is 2.22 bits per heavy atom. The van der Waals surface area contributed by atoms with E-state index in [-0.39, 0.29) is 18.0 Å². The molecule has 6 nitrogen and oxygen atoms in total. The zero-order valence-corrected chi connectivity index (χ0v) is 11.2. The maximum atomic E-state index is 11.8. The van der Waals surface area contributed by atoms with E-state index in [0.717, 1.165) is 0 Å². The number of hydrogen-bond acceptors (Lipinski definition) is 4. The molecule has 7 heteroatoms. The third-order valence-electron chi connectivity index (χ3n) is 2.42. The summed E-state index contributed by atoms with van der Waals surface area (Å²) in [5.74, 6) is 0. The van der Waals surface area contributed by atoms with Crippen molar-refractivity contribution in [2.24, 2.45) is 0 Å². The van der Waals surface area contributed by atoms with Crippen molar-refractivity contribution in [1.29, 1.82) is 0 Å². The minimum absolute atomic E-state index is 0.101. The van der Waals surface area contributed by atoms with Crippen LogP contribution in [0.4, 0.5) is 5.69 Å². The van der Waals surface area contributed by atoms with Crippen LogP contribution >= 0.6 is 7.60 Å². The van der Waals surface area contributed by atoms with Gasteiger partial charge in [-0.15, -0.1) is 0 Å². The predicted molar refractivity (Wildman–Crippen MR) is 67.5 cm³/mol. The van der Waals surface area contributed by atoms with Crippen molar-refractivity contribution < 1.29 is 18.9 Å². The summed E-state index contributed by atoms with van der Waals surface area (Å²) < 4.78 is 16.8. The van der Waals surface area contributed by atoms with Crippen LogP contribution in [0.3, 0.4) is 0 Å². The molecule has 0 bridgehead atoms. The van der Waals surface area contributed by atoms with Crippen molar-refractivity contribution in [2.45, 2.75) is 32.5 Å². The summed E-state index contributed by atoms with van der Waals surface area (Å²) in [5.41, 5.74) is 0.314. The summed E-state index contributed by atoms with van der Waals surface area (Å²) in [5, 5.41) is 10.6. The van der Waals surface area contributed by atoms with Crippen LogP contribution < -0.4 is 0 Å². The molecule has 0 aliphatic carbocycles. The lowest BCUT2D eigenvalue weighted by Gasteiger charge is -2.16. The van der Waals surface area contributed by atoms with Crippen molar-refractivity contribution in [2.75, 3.05) is 0 Å². The summed E-state index contributed by atoms with van der Waals surface area (Å²) in [6.45, 7) is 3.55. The van der Waals surface area contributed by atoms with Gasteiger partial charge in [0, 0.05) is 12.1 Å². The number of benzene rings is 1. The highest BCUT2D eigenvalue weighted by Gasteiger charge is 2.23. The Balaban J connectivity index is 2.80. The van der Waals surface area contributed by atoms with E-state index in [1.54, 1.807) is 13.0 Å². The van der Waals surface area contributed by atoms with Crippen LogP contribution in [0, 0.1) is 10.1 Å². The Bertz CT molecular complexity index is 476. The van der Waals surface area contributed by atoms with Crippen molar-refractivity contribution >= 4 is 13.3 Å². The molecular formula is C11H16NO5P. The first-order valence-electron chi connectivity index (χ1n) is 5.57. The molecule has 1 N–H and O–H groups in total. The van der Waals surface area contributed by atoms with Crippen LogP contribution in [0.2, 0.25) is 0 Å². The topological polar surface area (TPSA) is 89.7 Å². The van der Waals surface area contributed by atoms with Gasteiger partial charge in [-0.2, -0.15) is 0 Å². The second-order valence-corrected chi connectivity index (χ2v) is 5.85. The minimum atomic E-state index is -3.76. The van der Waals surface area contributed by atoms with Crippen LogP contribution in [0.5, 0.6) is 0 Å². The van der Waals surface area contributed by atoms with Gasteiger partial charge in [-0.3, -0.25) is 14.7 Å². The fraction of sp³-hybridized carbons (Fsp3) is 0.455. The van der Waals surface area contributed by atoms with E-state index in [9.17, 15) is 19.6 Å². The van der Waals surface area contributed by atoms with Gasteiger partial charge in [-0.25, -0.2) is 0 Å². The highest BCUT2D eigenvalue weighted by molar-refractivity contribution is 7.51. The summed E-state index contributed by atoms with van der Waals surface area (Å²) >= 11 is 0. The highest BCUT2D eigenvalue weighted by atomic mass is 31.2. The summed E-state index contributed by atoms with van der Waals surface area (Å²) in [4.78, 5) is 19.7. The fourth-order valence-corrected chi connectivity index (χ4v) is 2.84. The zero-order chi connectivity index (χ0) is 13.8. The second kappa shape index (κ2) is 6.09. The van der Waals surface area contributed by atoms with E-state index in [1.807, 2.05) is 6.92 Å². The molecule has 0 aliphatic rings. The monoisotopic (exact) mass is 273 g/mol. The number of nitro benzene ring substituents is 1. The van der Waals surface area contributed by atoms with Gasteiger partial charge in [0.2, 0.25) is 0 Å². The summed E-state index contributed by atoms with van der Waals surface area (Å²) in [6, 6.07) is 5.66. The fourth-order valence-electron chi connectivity index (χ4n) is 1.39. The molecule has 0 saturated heterocycles. The number of nitrogens with zero attached hydrogens (tertiary/aromatic N) is 1. The van der Waals surface area contributed by atoms with E-state index in [1.165, 1.54) is 18.2 Å². The van der Waals surface area contributed by atoms with E-state index in [0.29, 0.717) is 12.0 Å². The lowest BCUT2D eigenvalue weighted by Crippen LogP contribution is -2.05. The Kier molecular flexibility index (Phi) is 5.02.